The molecule has 17 heavy (non-hydrogen) atoms. The quantitative estimate of drug-likeness (QED) is 0.832. The van der Waals surface area contributed by atoms with Crippen LogP contribution in [0.15, 0.2) is 12.4 Å². The van der Waals surface area contributed by atoms with Crippen LogP contribution in [0.25, 0.3) is 0 Å². The lowest BCUT2D eigenvalue weighted by Crippen LogP contribution is -2.46. The van der Waals surface area contributed by atoms with Gasteiger partial charge >= 0.3 is 0 Å². The van der Waals surface area contributed by atoms with E-state index in [1.54, 1.807) is 0 Å². The summed E-state index contributed by atoms with van der Waals surface area (Å²) < 4.78 is 5.69. The lowest BCUT2D eigenvalue weighted by molar-refractivity contribution is -0.00572. The van der Waals surface area contributed by atoms with E-state index in [4.69, 9.17) is 10.5 Å². The summed E-state index contributed by atoms with van der Waals surface area (Å²) >= 11 is 0. The normalized spacial score (nSPS) is 25.0. The number of rotatable bonds is 3. The Morgan fingerprint density at radius 3 is 2.41 bits per heavy atom. The maximum absolute atomic E-state index is 5.69. The first-order valence-corrected chi connectivity index (χ1v) is 6.10. The van der Waals surface area contributed by atoms with E-state index in [0.29, 0.717) is 6.54 Å². The van der Waals surface area contributed by atoms with Gasteiger partial charge in [-0.25, -0.2) is 9.97 Å². The number of nitrogens with zero attached hydrogens (tertiary/aromatic N) is 3. The molecule has 0 saturated carbocycles. The average molecular weight is 236 g/mol. The van der Waals surface area contributed by atoms with Crippen molar-refractivity contribution in [3.05, 3.63) is 18.0 Å². The lowest BCUT2D eigenvalue weighted by atomic mass is 10.2. The molecule has 0 spiro atoms. The van der Waals surface area contributed by atoms with E-state index in [-0.39, 0.29) is 12.2 Å². The molecule has 2 heterocycles. The smallest absolute Gasteiger partial charge is 0.225 e. The van der Waals surface area contributed by atoms with Gasteiger partial charge in [0.1, 0.15) is 0 Å². The van der Waals surface area contributed by atoms with Crippen LogP contribution in [-0.2, 0) is 11.2 Å². The van der Waals surface area contributed by atoms with Crippen LogP contribution in [0.3, 0.4) is 0 Å². The number of hydrogen-bond acceptors (Lipinski definition) is 5. The molecule has 1 aliphatic heterocycles. The van der Waals surface area contributed by atoms with Crippen molar-refractivity contribution in [3.8, 4) is 0 Å². The summed E-state index contributed by atoms with van der Waals surface area (Å²) in [4.78, 5) is 11.0. The van der Waals surface area contributed by atoms with Gasteiger partial charge in [0, 0.05) is 25.5 Å². The van der Waals surface area contributed by atoms with Crippen molar-refractivity contribution in [1.82, 2.24) is 9.97 Å². The van der Waals surface area contributed by atoms with Gasteiger partial charge in [0.15, 0.2) is 0 Å². The molecule has 0 aliphatic carbocycles. The molecule has 0 amide bonds. The summed E-state index contributed by atoms with van der Waals surface area (Å²) in [6.07, 6.45) is 5.01. The van der Waals surface area contributed by atoms with E-state index in [2.05, 4.69) is 28.7 Å². The minimum Gasteiger partial charge on any atom is -0.372 e. The Morgan fingerprint density at radius 2 is 1.88 bits per heavy atom. The van der Waals surface area contributed by atoms with Crippen molar-refractivity contribution in [2.45, 2.75) is 32.5 Å². The second-order valence-corrected chi connectivity index (χ2v) is 4.59. The molecule has 2 N–H and O–H groups in total. The fourth-order valence-corrected chi connectivity index (χ4v) is 2.15. The maximum atomic E-state index is 5.69. The van der Waals surface area contributed by atoms with Crippen molar-refractivity contribution in [2.24, 2.45) is 5.73 Å². The van der Waals surface area contributed by atoms with Crippen LogP contribution in [0, 0.1) is 0 Å². The van der Waals surface area contributed by atoms with Crippen LogP contribution in [0.2, 0.25) is 0 Å². The topological polar surface area (TPSA) is 64.3 Å². The molecular formula is C12H20N4O. The van der Waals surface area contributed by atoms with Crippen LogP contribution < -0.4 is 10.6 Å². The van der Waals surface area contributed by atoms with E-state index in [1.165, 1.54) is 0 Å². The third-order valence-corrected chi connectivity index (χ3v) is 2.83. The highest BCUT2D eigenvalue weighted by molar-refractivity contribution is 5.31. The molecule has 5 heteroatoms. The highest BCUT2D eigenvalue weighted by atomic mass is 16.5. The van der Waals surface area contributed by atoms with Gasteiger partial charge in [-0.1, -0.05) is 0 Å². The van der Waals surface area contributed by atoms with E-state index < -0.39 is 0 Å². The summed E-state index contributed by atoms with van der Waals surface area (Å²) in [5, 5.41) is 0. The number of hydrogen-bond donors (Lipinski definition) is 1. The van der Waals surface area contributed by atoms with Gasteiger partial charge in [0.25, 0.3) is 0 Å². The Hall–Kier alpha value is -1.20. The fourth-order valence-electron chi connectivity index (χ4n) is 2.15. The molecule has 1 fully saturated rings. The van der Waals surface area contributed by atoms with Crippen LogP contribution in [0.4, 0.5) is 5.95 Å². The molecule has 0 radical (unpaired) electrons. The molecule has 1 saturated heterocycles. The van der Waals surface area contributed by atoms with Crippen molar-refractivity contribution in [2.75, 3.05) is 24.5 Å². The van der Waals surface area contributed by atoms with Crippen LogP contribution in [0.5, 0.6) is 0 Å². The highest BCUT2D eigenvalue weighted by Crippen LogP contribution is 2.16. The van der Waals surface area contributed by atoms with Gasteiger partial charge in [0.05, 0.1) is 12.2 Å². The van der Waals surface area contributed by atoms with Crippen LogP contribution >= 0.6 is 0 Å². The Morgan fingerprint density at radius 1 is 1.29 bits per heavy atom. The molecule has 0 aromatic carbocycles. The summed E-state index contributed by atoms with van der Waals surface area (Å²) in [6, 6.07) is 0. The first kappa shape index (κ1) is 12.3. The largest absolute Gasteiger partial charge is 0.372 e. The second-order valence-electron chi connectivity index (χ2n) is 4.59. The molecule has 5 nitrogen and oxygen atoms in total. The number of anilines is 1. The second kappa shape index (κ2) is 5.42. The van der Waals surface area contributed by atoms with Gasteiger partial charge in [-0.2, -0.15) is 0 Å². The maximum Gasteiger partial charge on any atom is 0.225 e. The van der Waals surface area contributed by atoms with E-state index in [1.807, 2.05) is 12.4 Å². The minimum absolute atomic E-state index is 0.228. The van der Waals surface area contributed by atoms with Gasteiger partial charge < -0.3 is 15.4 Å². The molecule has 2 atom stereocenters. The van der Waals surface area contributed by atoms with Crippen molar-refractivity contribution < 1.29 is 4.74 Å². The van der Waals surface area contributed by atoms with E-state index >= 15 is 0 Å². The molecule has 2 rings (SSSR count). The predicted molar refractivity (Wildman–Crippen MR) is 67.0 cm³/mol. The minimum atomic E-state index is 0.228. The van der Waals surface area contributed by atoms with Crippen molar-refractivity contribution >= 4 is 5.95 Å². The van der Waals surface area contributed by atoms with Gasteiger partial charge in [-0.15, -0.1) is 0 Å². The summed E-state index contributed by atoms with van der Waals surface area (Å²) in [7, 11) is 0. The Labute approximate surface area is 102 Å². The standard InChI is InChI=1S/C12H20N4O/c1-9-7-16(8-10(2)17-9)12-14-5-11(3-4-13)6-15-12/h5-6,9-10H,3-4,7-8,13H2,1-2H3/t9-,10+. The number of aromatic nitrogens is 2. The monoisotopic (exact) mass is 236 g/mol. The third kappa shape index (κ3) is 3.14. The first-order valence-electron chi connectivity index (χ1n) is 6.10. The highest BCUT2D eigenvalue weighted by Gasteiger charge is 2.23. The molecule has 94 valence electrons. The summed E-state index contributed by atoms with van der Waals surface area (Å²) in [5.41, 5.74) is 6.58. The van der Waals surface area contributed by atoms with Crippen molar-refractivity contribution in [1.29, 1.82) is 0 Å². The first-order chi connectivity index (χ1) is 8.19. The molecule has 1 aromatic rings. The molecule has 1 aromatic heterocycles. The third-order valence-electron chi connectivity index (χ3n) is 2.83. The number of ether oxygens (including phenoxy) is 1. The predicted octanol–water partition coefficient (Wildman–Crippen LogP) is 0.591. The zero-order chi connectivity index (χ0) is 12.3. The lowest BCUT2D eigenvalue weighted by Gasteiger charge is -2.35. The average Bonchev–Trinajstić information content (AvgIpc) is 2.29. The molecular weight excluding hydrogens is 216 g/mol. The SMILES string of the molecule is C[C@@H]1CN(c2ncc(CCN)cn2)C[C@H](C)O1. The molecule has 1 aliphatic rings. The Balaban J connectivity index is 2.06. The van der Waals surface area contributed by atoms with Gasteiger partial charge in [-0.3, -0.25) is 0 Å². The zero-order valence-corrected chi connectivity index (χ0v) is 10.5. The molecule has 0 unspecified atom stereocenters. The van der Waals surface area contributed by atoms with E-state index in [9.17, 15) is 0 Å². The van der Waals surface area contributed by atoms with E-state index in [0.717, 1.165) is 31.0 Å². The summed E-state index contributed by atoms with van der Waals surface area (Å²) in [6.45, 7) is 6.48. The Kier molecular flexibility index (Phi) is 3.91. The van der Waals surface area contributed by atoms with Crippen LogP contribution in [-0.4, -0.2) is 41.8 Å². The fraction of sp³-hybridized carbons (Fsp3) is 0.667. The van der Waals surface area contributed by atoms with Gasteiger partial charge in [-0.05, 0) is 32.4 Å². The number of morpholine rings is 1. The zero-order valence-electron chi connectivity index (χ0n) is 10.5. The van der Waals surface area contributed by atoms with Crippen LogP contribution in [0.1, 0.15) is 19.4 Å². The summed E-state index contributed by atoms with van der Waals surface area (Å²) in [5.74, 6) is 0.785. The number of nitrogens with two attached hydrogens (primary N) is 1. The van der Waals surface area contributed by atoms with Crippen molar-refractivity contribution in [3.63, 3.8) is 0 Å². The Bertz CT molecular complexity index is 344. The molecule has 0 bridgehead atoms. The van der Waals surface area contributed by atoms with Gasteiger partial charge in [0.2, 0.25) is 5.95 Å².